The van der Waals surface area contributed by atoms with E-state index < -0.39 is 31.1 Å². The molecule has 1 rings (SSSR count). The van der Waals surface area contributed by atoms with E-state index in [1.54, 1.807) is 0 Å². The first-order valence-corrected chi connectivity index (χ1v) is 9.31. The van der Waals surface area contributed by atoms with Gasteiger partial charge in [-0.25, -0.2) is 16.8 Å². The molecule has 0 spiro atoms. The van der Waals surface area contributed by atoms with Gasteiger partial charge >= 0.3 is 11.0 Å². The van der Waals surface area contributed by atoms with E-state index in [0.717, 1.165) is 10.7 Å². The Morgan fingerprint density at radius 1 is 1.00 bits per heavy atom. The molecular weight excluding hydrogens is 404 g/mol. The average molecular weight is 419 g/mol. The molecule has 0 unspecified atom stereocenters. The van der Waals surface area contributed by atoms with Gasteiger partial charge in [-0.15, -0.1) is 4.68 Å². The Morgan fingerprint density at radius 2 is 1.44 bits per heavy atom. The van der Waals surface area contributed by atoms with E-state index in [1.807, 2.05) is 0 Å². The molecule has 0 fully saturated rings. The fraction of sp³-hybridized carbons (Fsp3) is 0.700. The third-order valence-corrected chi connectivity index (χ3v) is 5.23. The van der Waals surface area contributed by atoms with Crippen LogP contribution >= 0.6 is 0 Å². The summed E-state index contributed by atoms with van der Waals surface area (Å²) in [4.78, 5) is 0. The third kappa shape index (κ3) is 7.19. The fourth-order valence-electron chi connectivity index (χ4n) is 1.22. The summed E-state index contributed by atoms with van der Waals surface area (Å²) in [6, 6.07) is 2.07. The van der Waals surface area contributed by atoms with Gasteiger partial charge in [-0.05, 0) is 6.42 Å². The maximum atomic E-state index is 11.4. The lowest BCUT2D eigenvalue weighted by molar-refractivity contribution is -0.753. The molecule has 0 N–H and O–H groups in total. The van der Waals surface area contributed by atoms with Crippen molar-refractivity contribution in [2.45, 2.75) is 37.3 Å². The Morgan fingerprint density at radius 3 is 1.72 bits per heavy atom. The summed E-state index contributed by atoms with van der Waals surface area (Å²) in [5.41, 5.74) is -12.4. The molecule has 1 aromatic rings. The predicted octanol–water partition coefficient (Wildman–Crippen LogP) is 2.17. The number of nitrogens with zero attached hydrogens (tertiary/aromatic N) is 3. The molecule has 7 nitrogen and oxygen atoms in total. The van der Waals surface area contributed by atoms with Crippen molar-refractivity contribution in [1.82, 2.24) is 4.68 Å². The number of alkyl halides is 6. The number of rotatable bonds is 5. The standard InChI is InChI=1S/C8H15N2.C2F6NO4S2/c1-3-4-7-10-8-5-6-9(10)2;3-1(4,5)14(10,11)9-15(12,13)2(6,7)8/h5-6,8H,3-4,7H2,1-2H3;/q+1;-1. The lowest BCUT2D eigenvalue weighted by Gasteiger charge is -2.22. The van der Waals surface area contributed by atoms with Gasteiger partial charge in [0, 0.05) is 6.07 Å². The van der Waals surface area contributed by atoms with E-state index in [9.17, 15) is 43.2 Å². The number of aromatic nitrogens is 2. The number of aryl methyl sites for hydroxylation is 2. The van der Waals surface area contributed by atoms with E-state index in [-0.39, 0.29) is 0 Å². The van der Waals surface area contributed by atoms with Crippen LogP contribution in [-0.2, 0) is 33.6 Å². The maximum absolute atomic E-state index is 11.4. The van der Waals surface area contributed by atoms with Crippen molar-refractivity contribution < 1.29 is 47.9 Å². The number of unbranched alkanes of at least 4 members (excludes halogenated alkanes) is 1. The lowest BCUT2D eigenvalue weighted by Crippen LogP contribution is -2.37. The van der Waals surface area contributed by atoms with Crippen LogP contribution in [-0.4, -0.2) is 32.5 Å². The lowest BCUT2D eigenvalue weighted by atomic mass is 10.3. The van der Waals surface area contributed by atoms with Crippen LogP contribution in [0.5, 0.6) is 0 Å². The Kier molecular flexibility index (Phi) is 7.90. The normalized spacial score (nSPS) is 13.3. The molecule has 0 radical (unpaired) electrons. The van der Waals surface area contributed by atoms with Crippen molar-refractivity contribution in [2.75, 3.05) is 0 Å². The number of sulfonamides is 2. The Bertz CT molecular complexity index is 710. The van der Waals surface area contributed by atoms with Crippen molar-refractivity contribution in [3.05, 3.63) is 22.6 Å². The molecule has 15 heteroatoms. The van der Waals surface area contributed by atoms with Gasteiger partial charge in [-0.1, -0.05) is 13.3 Å². The van der Waals surface area contributed by atoms with E-state index in [0.29, 0.717) is 0 Å². The minimum Gasteiger partial charge on any atom is -0.421 e. The van der Waals surface area contributed by atoms with E-state index >= 15 is 0 Å². The highest BCUT2D eigenvalue weighted by Crippen LogP contribution is 2.36. The Balaban J connectivity index is 0.000000496. The first-order chi connectivity index (χ1) is 11.0. The zero-order valence-electron chi connectivity index (χ0n) is 12.9. The first-order valence-electron chi connectivity index (χ1n) is 6.43. The summed E-state index contributed by atoms with van der Waals surface area (Å²) in [6.07, 6.45) is 6.70. The monoisotopic (exact) mass is 419 g/mol. The molecule has 0 saturated carbocycles. The molecular formula is C10H15F6N3O4S2. The minimum atomic E-state index is -6.72. The molecule has 1 heterocycles. The van der Waals surface area contributed by atoms with Crippen LogP contribution in [0.3, 0.4) is 0 Å². The van der Waals surface area contributed by atoms with E-state index in [2.05, 4.69) is 41.8 Å². The zero-order valence-corrected chi connectivity index (χ0v) is 14.5. The number of halogens is 6. The van der Waals surface area contributed by atoms with Crippen molar-refractivity contribution in [2.24, 2.45) is 7.05 Å². The molecule has 1 aromatic heterocycles. The van der Waals surface area contributed by atoms with Gasteiger partial charge in [0.05, 0.1) is 12.7 Å². The third-order valence-electron chi connectivity index (χ3n) is 2.49. The summed E-state index contributed by atoms with van der Waals surface area (Å²) in [5, 5.41) is 0. The second-order valence-electron chi connectivity index (χ2n) is 4.50. The van der Waals surface area contributed by atoms with Crippen LogP contribution in [0.1, 0.15) is 19.8 Å². The smallest absolute Gasteiger partial charge is 0.421 e. The summed E-state index contributed by atoms with van der Waals surface area (Å²) in [6.45, 7) is 3.35. The van der Waals surface area contributed by atoms with Crippen LogP contribution in [0.25, 0.3) is 4.13 Å². The van der Waals surface area contributed by atoms with Crippen LogP contribution in [0, 0.1) is 0 Å². The van der Waals surface area contributed by atoms with Gasteiger partial charge in [0.2, 0.25) is 0 Å². The first kappa shape index (κ1) is 23.6. The SMILES string of the molecule is CCCCn1ccc[n+]1C.O=S(=O)([N-]S(=O)(=O)C(F)(F)F)C(F)(F)F. The average Bonchev–Trinajstić information content (AvgIpc) is 2.78. The van der Waals surface area contributed by atoms with Crippen molar-refractivity contribution in [3.8, 4) is 0 Å². The molecule has 148 valence electrons. The predicted molar refractivity (Wildman–Crippen MR) is 73.8 cm³/mol. The summed E-state index contributed by atoms with van der Waals surface area (Å²) in [7, 11) is -11.4. The van der Waals surface area contributed by atoms with Gasteiger partial charge in [0.15, 0.2) is 33.3 Å². The Hall–Kier alpha value is -1.35. The van der Waals surface area contributed by atoms with Crippen molar-refractivity contribution >= 4 is 20.0 Å². The van der Waals surface area contributed by atoms with Crippen LogP contribution < -0.4 is 4.68 Å². The van der Waals surface area contributed by atoms with E-state index in [1.165, 1.54) is 12.8 Å². The van der Waals surface area contributed by atoms with Crippen LogP contribution in [0.15, 0.2) is 18.5 Å². The highest BCUT2D eigenvalue weighted by molar-refractivity contribution is 8.13. The minimum absolute atomic E-state index is 0.778. The topological polar surface area (TPSA) is 91.2 Å². The second-order valence-corrected chi connectivity index (χ2v) is 7.92. The van der Waals surface area contributed by atoms with Gasteiger partial charge in [-0.2, -0.15) is 31.0 Å². The van der Waals surface area contributed by atoms with Crippen LogP contribution in [0.2, 0.25) is 0 Å². The van der Waals surface area contributed by atoms with Crippen molar-refractivity contribution in [3.63, 3.8) is 0 Å². The van der Waals surface area contributed by atoms with Gasteiger partial charge < -0.3 is 4.13 Å². The highest BCUT2D eigenvalue weighted by atomic mass is 32.3. The van der Waals surface area contributed by atoms with Gasteiger partial charge in [0.1, 0.15) is 0 Å². The molecule has 0 aliphatic heterocycles. The summed E-state index contributed by atoms with van der Waals surface area (Å²) >= 11 is 0. The molecule has 0 atom stereocenters. The van der Waals surface area contributed by atoms with Crippen LogP contribution in [0.4, 0.5) is 26.3 Å². The molecule has 25 heavy (non-hydrogen) atoms. The highest BCUT2D eigenvalue weighted by Gasteiger charge is 2.46. The van der Waals surface area contributed by atoms with Crippen molar-refractivity contribution in [1.29, 1.82) is 0 Å². The summed E-state index contributed by atoms with van der Waals surface area (Å²) < 4.78 is 114. The quantitative estimate of drug-likeness (QED) is 0.540. The molecule has 0 bridgehead atoms. The fourth-order valence-corrected chi connectivity index (χ4v) is 2.93. The largest absolute Gasteiger partial charge is 0.480 e. The summed E-state index contributed by atoms with van der Waals surface area (Å²) in [5.74, 6) is 0. The molecule has 0 aliphatic carbocycles. The van der Waals surface area contributed by atoms with E-state index in [4.69, 9.17) is 0 Å². The van der Waals surface area contributed by atoms with Gasteiger partial charge in [0.25, 0.3) is 0 Å². The molecule has 0 amide bonds. The number of hydrogen-bond donors (Lipinski definition) is 0. The maximum Gasteiger partial charge on any atom is 0.480 e. The molecule has 0 saturated heterocycles. The zero-order chi connectivity index (χ0) is 20.1. The molecule has 0 aromatic carbocycles. The Labute approximate surface area is 140 Å². The number of hydrogen-bond acceptors (Lipinski definition) is 4. The van der Waals surface area contributed by atoms with Gasteiger partial charge in [-0.3, -0.25) is 0 Å². The molecule has 0 aliphatic rings. The second kappa shape index (κ2) is 8.35.